The van der Waals surface area contributed by atoms with Gasteiger partial charge in [-0.05, 0) is 37.6 Å². The molecule has 0 fully saturated rings. The zero-order valence-corrected chi connectivity index (χ0v) is 13.7. The lowest BCUT2D eigenvalue weighted by atomic mass is 10.2. The molecule has 0 aliphatic heterocycles. The third-order valence-electron chi connectivity index (χ3n) is 3.18. The Kier molecular flexibility index (Phi) is 6.34. The van der Waals surface area contributed by atoms with Crippen molar-refractivity contribution in [1.82, 2.24) is 5.32 Å². The third-order valence-corrected chi connectivity index (χ3v) is 4.19. The van der Waals surface area contributed by atoms with Crippen molar-refractivity contribution in [2.75, 3.05) is 12.3 Å². The molecule has 22 heavy (non-hydrogen) atoms. The van der Waals surface area contributed by atoms with Crippen LogP contribution in [0.5, 0.6) is 5.75 Å². The Labute approximate surface area is 136 Å². The van der Waals surface area contributed by atoms with Crippen LogP contribution in [0.3, 0.4) is 0 Å². The average molecular weight is 315 g/mol. The minimum Gasteiger partial charge on any atom is -0.481 e. The van der Waals surface area contributed by atoms with Gasteiger partial charge in [-0.15, -0.1) is 11.8 Å². The van der Waals surface area contributed by atoms with Gasteiger partial charge in [0.05, 0.1) is 0 Å². The maximum atomic E-state index is 12.0. The van der Waals surface area contributed by atoms with E-state index in [-0.39, 0.29) is 5.91 Å². The number of aryl methyl sites for hydroxylation is 1. The SMILES string of the molecule is Cc1ccccc1O[C@H](C)C(=O)NCCSc1ccccc1. The number of carbonyl (C=O) groups excluding carboxylic acids is 1. The van der Waals surface area contributed by atoms with Crippen LogP contribution in [-0.4, -0.2) is 24.3 Å². The highest BCUT2D eigenvalue weighted by molar-refractivity contribution is 7.99. The summed E-state index contributed by atoms with van der Waals surface area (Å²) in [7, 11) is 0. The van der Waals surface area contributed by atoms with Gasteiger partial charge in [-0.3, -0.25) is 4.79 Å². The van der Waals surface area contributed by atoms with E-state index in [1.807, 2.05) is 49.4 Å². The number of ether oxygens (including phenoxy) is 1. The summed E-state index contributed by atoms with van der Waals surface area (Å²) in [6, 6.07) is 17.9. The number of benzene rings is 2. The predicted octanol–water partition coefficient (Wildman–Crippen LogP) is 3.67. The van der Waals surface area contributed by atoms with Gasteiger partial charge in [0.15, 0.2) is 6.10 Å². The molecule has 0 saturated heterocycles. The number of thioether (sulfide) groups is 1. The van der Waals surface area contributed by atoms with E-state index in [1.54, 1.807) is 18.7 Å². The molecule has 4 heteroatoms. The first-order valence-corrected chi connectivity index (χ1v) is 8.33. The van der Waals surface area contributed by atoms with Gasteiger partial charge in [0, 0.05) is 17.2 Å². The molecule has 0 saturated carbocycles. The predicted molar refractivity (Wildman–Crippen MR) is 91.4 cm³/mol. The summed E-state index contributed by atoms with van der Waals surface area (Å²) in [6.45, 7) is 4.36. The molecule has 0 aliphatic carbocycles. The summed E-state index contributed by atoms with van der Waals surface area (Å²) in [5.41, 5.74) is 1.03. The monoisotopic (exact) mass is 315 g/mol. The second kappa shape index (κ2) is 8.49. The largest absolute Gasteiger partial charge is 0.481 e. The molecular formula is C18H21NO2S. The molecule has 2 aromatic carbocycles. The number of carbonyl (C=O) groups is 1. The minimum absolute atomic E-state index is 0.0862. The van der Waals surface area contributed by atoms with Crippen molar-refractivity contribution in [3.8, 4) is 5.75 Å². The number of para-hydroxylation sites is 1. The zero-order chi connectivity index (χ0) is 15.8. The molecule has 0 bridgehead atoms. The van der Waals surface area contributed by atoms with E-state index in [0.29, 0.717) is 6.54 Å². The Morgan fingerprint density at radius 1 is 1.14 bits per heavy atom. The minimum atomic E-state index is -0.497. The fourth-order valence-corrected chi connectivity index (χ4v) is 2.73. The number of hydrogen-bond donors (Lipinski definition) is 1. The van der Waals surface area contributed by atoms with Crippen LogP contribution in [0.1, 0.15) is 12.5 Å². The van der Waals surface area contributed by atoms with Crippen LogP contribution in [0.15, 0.2) is 59.5 Å². The van der Waals surface area contributed by atoms with E-state index >= 15 is 0 Å². The quantitative estimate of drug-likeness (QED) is 0.626. The molecule has 2 aromatic rings. The molecule has 3 nitrogen and oxygen atoms in total. The zero-order valence-electron chi connectivity index (χ0n) is 12.9. The van der Waals surface area contributed by atoms with Gasteiger partial charge in [-0.2, -0.15) is 0 Å². The van der Waals surface area contributed by atoms with E-state index in [1.165, 1.54) is 4.90 Å². The Balaban J connectivity index is 1.71. The van der Waals surface area contributed by atoms with E-state index in [2.05, 4.69) is 17.4 Å². The van der Waals surface area contributed by atoms with Gasteiger partial charge < -0.3 is 10.1 Å². The number of amides is 1. The summed E-state index contributed by atoms with van der Waals surface area (Å²) < 4.78 is 5.70. The van der Waals surface area contributed by atoms with E-state index in [9.17, 15) is 4.79 Å². The Morgan fingerprint density at radius 2 is 1.82 bits per heavy atom. The van der Waals surface area contributed by atoms with Gasteiger partial charge in [-0.25, -0.2) is 0 Å². The lowest BCUT2D eigenvalue weighted by molar-refractivity contribution is -0.127. The van der Waals surface area contributed by atoms with E-state index in [0.717, 1.165) is 17.1 Å². The van der Waals surface area contributed by atoms with Gasteiger partial charge >= 0.3 is 0 Å². The maximum absolute atomic E-state index is 12.0. The highest BCUT2D eigenvalue weighted by Gasteiger charge is 2.14. The van der Waals surface area contributed by atoms with Crippen molar-refractivity contribution in [2.24, 2.45) is 0 Å². The maximum Gasteiger partial charge on any atom is 0.260 e. The van der Waals surface area contributed by atoms with Crippen molar-refractivity contribution in [1.29, 1.82) is 0 Å². The first kappa shape index (κ1) is 16.4. The Bertz CT molecular complexity index is 601. The molecule has 0 aromatic heterocycles. The van der Waals surface area contributed by atoms with Crippen molar-refractivity contribution >= 4 is 17.7 Å². The summed E-state index contributed by atoms with van der Waals surface area (Å²) in [6.07, 6.45) is -0.497. The van der Waals surface area contributed by atoms with E-state index < -0.39 is 6.10 Å². The smallest absolute Gasteiger partial charge is 0.260 e. The van der Waals surface area contributed by atoms with Crippen molar-refractivity contribution < 1.29 is 9.53 Å². The standard InChI is InChI=1S/C18H21NO2S/c1-14-8-6-7-11-17(14)21-15(2)18(20)19-12-13-22-16-9-4-3-5-10-16/h3-11,15H,12-13H2,1-2H3,(H,19,20)/t15-/m1/s1. The topological polar surface area (TPSA) is 38.3 Å². The number of rotatable bonds is 7. The first-order valence-electron chi connectivity index (χ1n) is 7.34. The molecule has 2 rings (SSSR count). The second-order valence-corrected chi connectivity index (χ2v) is 6.15. The fourth-order valence-electron chi connectivity index (χ4n) is 1.94. The van der Waals surface area contributed by atoms with Crippen molar-refractivity contribution in [2.45, 2.75) is 24.8 Å². The molecule has 0 spiro atoms. The number of hydrogen-bond acceptors (Lipinski definition) is 3. The van der Waals surface area contributed by atoms with Crippen LogP contribution >= 0.6 is 11.8 Å². The second-order valence-electron chi connectivity index (χ2n) is 4.98. The molecule has 1 N–H and O–H groups in total. The van der Waals surface area contributed by atoms with Crippen LogP contribution in [0.25, 0.3) is 0 Å². The van der Waals surface area contributed by atoms with Gasteiger partial charge in [0.25, 0.3) is 5.91 Å². The van der Waals surface area contributed by atoms with Crippen LogP contribution in [-0.2, 0) is 4.79 Å². The molecule has 0 radical (unpaired) electrons. The molecular weight excluding hydrogens is 294 g/mol. The van der Waals surface area contributed by atoms with Crippen molar-refractivity contribution in [3.63, 3.8) is 0 Å². The summed E-state index contributed by atoms with van der Waals surface area (Å²) in [5.74, 6) is 1.51. The normalized spacial score (nSPS) is 11.7. The fraction of sp³-hybridized carbons (Fsp3) is 0.278. The van der Waals surface area contributed by atoms with Crippen LogP contribution in [0.4, 0.5) is 0 Å². The molecule has 1 atom stereocenters. The highest BCUT2D eigenvalue weighted by Crippen LogP contribution is 2.18. The highest BCUT2D eigenvalue weighted by atomic mass is 32.2. The van der Waals surface area contributed by atoms with Gasteiger partial charge in [0.2, 0.25) is 0 Å². The average Bonchev–Trinajstić information content (AvgIpc) is 2.54. The molecule has 0 heterocycles. The van der Waals surface area contributed by atoms with Crippen LogP contribution in [0, 0.1) is 6.92 Å². The summed E-state index contributed by atoms with van der Waals surface area (Å²) in [5, 5.41) is 2.91. The first-order chi connectivity index (χ1) is 10.7. The lowest BCUT2D eigenvalue weighted by Crippen LogP contribution is -2.37. The third kappa shape index (κ3) is 5.11. The molecule has 0 unspecified atom stereocenters. The molecule has 0 aliphatic rings. The van der Waals surface area contributed by atoms with Gasteiger partial charge in [-0.1, -0.05) is 36.4 Å². The number of nitrogens with one attached hydrogen (secondary N) is 1. The Morgan fingerprint density at radius 3 is 2.55 bits per heavy atom. The lowest BCUT2D eigenvalue weighted by Gasteiger charge is -2.16. The van der Waals surface area contributed by atoms with Crippen LogP contribution in [0.2, 0.25) is 0 Å². The molecule has 1 amide bonds. The summed E-state index contributed by atoms with van der Waals surface area (Å²) in [4.78, 5) is 13.2. The van der Waals surface area contributed by atoms with Gasteiger partial charge in [0.1, 0.15) is 5.75 Å². The van der Waals surface area contributed by atoms with E-state index in [4.69, 9.17) is 4.74 Å². The molecule has 116 valence electrons. The summed E-state index contributed by atoms with van der Waals surface area (Å²) >= 11 is 1.73. The van der Waals surface area contributed by atoms with Crippen LogP contribution < -0.4 is 10.1 Å². The Hall–Kier alpha value is -1.94. The van der Waals surface area contributed by atoms with Crippen molar-refractivity contribution in [3.05, 3.63) is 60.2 Å².